The SMILES string of the molecule is O=S(=O)(NCC1CN2CCCC2CO1)c1[nH]ncc1CO. The van der Waals surface area contributed by atoms with Gasteiger partial charge in [-0.15, -0.1) is 0 Å². The predicted molar refractivity (Wildman–Crippen MR) is 74.0 cm³/mol. The molecule has 0 aromatic carbocycles. The van der Waals surface area contributed by atoms with Gasteiger partial charge in [-0.2, -0.15) is 5.10 Å². The average molecular weight is 316 g/mol. The van der Waals surface area contributed by atoms with Crippen molar-refractivity contribution >= 4 is 10.0 Å². The van der Waals surface area contributed by atoms with Crippen LogP contribution in [-0.2, 0) is 21.4 Å². The number of fused-ring (bicyclic) bond motifs is 1. The summed E-state index contributed by atoms with van der Waals surface area (Å²) in [5, 5.41) is 15.1. The third-order valence-corrected chi connectivity index (χ3v) is 5.52. The van der Waals surface area contributed by atoms with Crippen molar-refractivity contribution in [1.82, 2.24) is 19.8 Å². The molecule has 3 rings (SSSR count). The van der Waals surface area contributed by atoms with Gasteiger partial charge in [0.05, 0.1) is 25.5 Å². The maximum Gasteiger partial charge on any atom is 0.257 e. The Labute approximate surface area is 123 Å². The number of ether oxygens (including phenoxy) is 1. The molecule has 118 valence electrons. The van der Waals surface area contributed by atoms with Gasteiger partial charge in [0.15, 0.2) is 5.03 Å². The van der Waals surface area contributed by atoms with E-state index in [0.717, 1.165) is 19.5 Å². The van der Waals surface area contributed by atoms with Crippen molar-refractivity contribution in [3.8, 4) is 0 Å². The molecule has 3 N–H and O–H groups in total. The lowest BCUT2D eigenvalue weighted by molar-refractivity contribution is -0.0449. The number of aromatic nitrogens is 2. The fourth-order valence-corrected chi connectivity index (χ4v) is 4.11. The molecule has 1 aromatic heterocycles. The third kappa shape index (κ3) is 3.11. The Morgan fingerprint density at radius 2 is 2.43 bits per heavy atom. The minimum atomic E-state index is -3.71. The summed E-state index contributed by atoms with van der Waals surface area (Å²) in [5.41, 5.74) is 0.256. The molecule has 2 unspecified atom stereocenters. The first-order chi connectivity index (χ1) is 10.1. The van der Waals surface area contributed by atoms with E-state index in [0.29, 0.717) is 12.6 Å². The lowest BCUT2D eigenvalue weighted by Crippen LogP contribution is -2.50. The number of aliphatic hydroxyl groups is 1. The Hall–Kier alpha value is -1.00. The highest BCUT2D eigenvalue weighted by atomic mass is 32.2. The molecule has 0 radical (unpaired) electrons. The number of nitrogens with zero attached hydrogens (tertiary/aromatic N) is 2. The molecule has 0 bridgehead atoms. The van der Waals surface area contributed by atoms with Crippen LogP contribution < -0.4 is 4.72 Å². The van der Waals surface area contributed by atoms with Crippen molar-refractivity contribution in [2.75, 3.05) is 26.2 Å². The number of nitrogens with one attached hydrogen (secondary N) is 2. The molecular weight excluding hydrogens is 296 g/mol. The van der Waals surface area contributed by atoms with Crippen LogP contribution in [0.5, 0.6) is 0 Å². The maximum absolute atomic E-state index is 12.2. The summed E-state index contributed by atoms with van der Waals surface area (Å²) in [4.78, 5) is 2.36. The topological polar surface area (TPSA) is 108 Å². The van der Waals surface area contributed by atoms with Crippen LogP contribution in [0.2, 0.25) is 0 Å². The Morgan fingerprint density at radius 3 is 3.24 bits per heavy atom. The second kappa shape index (κ2) is 6.01. The first-order valence-electron chi connectivity index (χ1n) is 7.08. The van der Waals surface area contributed by atoms with E-state index in [1.807, 2.05) is 0 Å². The quantitative estimate of drug-likeness (QED) is 0.646. The lowest BCUT2D eigenvalue weighted by Gasteiger charge is -2.35. The van der Waals surface area contributed by atoms with E-state index in [2.05, 4.69) is 19.8 Å². The molecule has 1 aromatic rings. The average Bonchev–Trinajstić information content (AvgIpc) is 3.13. The van der Waals surface area contributed by atoms with Gasteiger partial charge in [0.1, 0.15) is 0 Å². The van der Waals surface area contributed by atoms with Gasteiger partial charge < -0.3 is 9.84 Å². The van der Waals surface area contributed by atoms with Crippen molar-refractivity contribution in [1.29, 1.82) is 0 Å². The number of hydrogen-bond acceptors (Lipinski definition) is 6. The van der Waals surface area contributed by atoms with Crippen molar-refractivity contribution in [2.45, 2.75) is 36.6 Å². The fourth-order valence-electron chi connectivity index (χ4n) is 2.93. The fraction of sp³-hybridized carbons (Fsp3) is 0.750. The largest absolute Gasteiger partial charge is 0.392 e. The summed E-state index contributed by atoms with van der Waals surface area (Å²) >= 11 is 0. The molecule has 0 saturated carbocycles. The summed E-state index contributed by atoms with van der Waals surface area (Å²) in [7, 11) is -3.71. The first kappa shape index (κ1) is 14.9. The van der Waals surface area contributed by atoms with Gasteiger partial charge in [-0.3, -0.25) is 10.00 Å². The summed E-state index contributed by atoms with van der Waals surface area (Å²) in [6.45, 7) is 2.32. The molecule has 2 aliphatic heterocycles. The van der Waals surface area contributed by atoms with Crippen LogP contribution in [-0.4, -0.2) is 67.0 Å². The molecule has 2 aliphatic rings. The second-order valence-corrected chi connectivity index (χ2v) is 7.18. The van der Waals surface area contributed by atoms with E-state index in [-0.39, 0.29) is 29.8 Å². The summed E-state index contributed by atoms with van der Waals surface area (Å²) in [5.74, 6) is 0. The van der Waals surface area contributed by atoms with Crippen LogP contribution in [0.15, 0.2) is 11.2 Å². The van der Waals surface area contributed by atoms with Crippen LogP contribution in [0.3, 0.4) is 0 Å². The molecule has 0 amide bonds. The number of H-pyrrole nitrogens is 1. The standard InChI is InChI=1S/C12H20N4O4S/c17-7-9-4-13-15-12(9)21(18,19)14-5-11-6-16-3-1-2-10(16)8-20-11/h4,10-11,14,17H,1-3,5-8H2,(H,13,15). The van der Waals surface area contributed by atoms with E-state index in [1.54, 1.807) is 0 Å². The molecule has 3 heterocycles. The van der Waals surface area contributed by atoms with Crippen molar-refractivity contribution in [3.63, 3.8) is 0 Å². The third-order valence-electron chi connectivity index (χ3n) is 4.08. The Bertz CT molecular complexity index is 588. The molecule has 8 nitrogen and oxygen atoms in total. The van der Waals surface area contributed by atoms with Crippen molar-refractivity contribution in [3.05, 3.63) is 11.8 Å². The van der Waals surface area contributed by atoms with E-state index < -0.39 is 10.0 Å². The van der Waals surface area contributed by atoms with Gasteiger partial charge in [-0.25, -0.2) is 13.1 Å². The minimum absolute atomic E-state index is 0.0835. The van der Waals surface area contributed by atoms with Crippen molar-refractivity contribution < 1.29 is 18.3 Å². The molecular formula is C12H20N4O4S. The summed E-state index contributed by atoms with van der Waals surface area (Å²) in [6.07, 6.45) is 3.50. The van der Waals surface area contributed by atoms with Gasteiger partial charge in [0.25, 0.3) is 10.0 Å². The summed E-state index contributed by atoms with van der Waals surface area (Å²) in [6, 6.07) is 0.492. The zero-order chi connectivity index (χ0) is 14.9. The minimum Gasteiger partial charge on any atom is -0.392 e. The lowest BCUT2D eigenvalue weighted by atomic mass is 10.2. The van der Waals surface area contributed by atoms with Crippen LogP contribution in [0.1, 0.15) is 18.4 Å². The smallest absolute Gasteiger partial charge is 0.257 e. The Kier molecular flexibility index (Phi) is 4.27. The molecule has 0 spiro atoms. The van der Waals surface area contributed by atoms with E-state index in [1.165, 1.54) is 12.6 Å². The highest BCUT2D eigenvalue weighted by molar-refractivity contribution is 7.89. The monoisotopic (exact) mass is 316 g/mol. The van der Waals surface area contributed by atoms with E-state index in [9.17, 15) is 8.42 Å². The van der Waals surface area contributed by atoms with Gasteiger partial charge in [0, 0.05) is 24.7 Å². The van der Waals surface area contributed by atoms with Crippen LogP contribution in [0.25, 0.3) is 0 Å². The number of sulfonamides is 1. The highest BCUT2D eigenvalue weighted by Gasteiger charge is 2.33. The number of morpholine rings is 1. The van der Waals surface area contributed by atoms with Crippen molar-refractivity contribution in [2.24, 2.45) is 0 Å². The molecule has 2 fully saturated rings. The highest BCUT2D eigenvalue weighted by Crippen LogP contribution is 2.22. The summed E-state index contributed by atoms with van der Waals surface area (Å²) < 4.78 is 32.6. The second-order valence-electron chi connectivity index (χ2n) is 5.48. The van der Waals surface area contributed by atoms with Gasteiger partial charge in [0.2, 0.25) is 0 Å². The molecule has 2 atom stereocenters. The molecule has 21 heavy (non-hydrogen) atoms. The zero-order valence-electron chi connectivity index (χ0n) is 11.7. The van der Waals surface area contributed by atoms with Gasteiger partial charge in [-0.05, 0) is 19.4 Å². The number of aliphatic hydroxyl groups excluding tert-OH is 1. The van der Waals surface area contributed by atoms with E-state index >= 15 is 0 Å². The number of hydrogen-bond donors (Lipinski definition) is 3. The van der Waals surface area contributed by atoms with Gasteiger partial charge in [-0.1, -0.05) is 0 Å². The number of aromatic amines is 1. The van der Waals surface area contributed by atoms with Gasteiger partial charge >= 0.3 is 0 Å². The maximum atomic E-state index is 12.2. The van der Waals surface area contributed by atoms with Crippen LogP contribution in [0, 0.1) is 0 Å². The Morgan fingerprint density at radius 1 is 1.57 bits per heavy atom. The predicted octanol–water partition coefficient (Wildman–Crippen LogP) is -0.956. The van der Waals surface area contributed by atoms with E-state index in [4.69, 9.17) is 9.84 Å². The number of rotatable bonds is 5. The molecule has 0 aliphatic carbocycles. The molecule has 2 saturated heterocycles. The first-order valence-corrected chi connectivity index (χ1v) is 8.57. The Balaban J connectivity index is 1.59. The zero-order valence-corrected chi connectivity index (χ0v) is 12.5. The van der Waals surface area contributed by atoms with Crippen LogP contribution >= 0.6 is 0 Å². The normalized spacial score (nSPS) is 26.9. The van der Waals surface area contributed by atoms with Crippen LogP contribution in [0.4, 0.5) is 0 Å². The molecule has 9 heteroatoms.